The third-order valence-electron chi connectivity index (χ3n) is 2.78. The van der Waals surface area contributed by atoms with Crippen LogP contribution in [0.4, 0.5) is 0 Å². The number of H-pyrrole nitrogens is 1. The van der Waals surface area contributed by atoms with Crippen molar-refractivity contribution in [3.05, 3.63) is 36.7 Å². The molecule has 0 saturated heterocycles. The largest absolute Gasteiger partial charge is 0.337 e. The summed E-state index contributed by atoms with van der Waals surface area (Å²) in [6.45, 7) is 2.19. The molecule has 0 unspecified atom stereocenters. The summed E-state index contributed by atoms with van der Waals surface area (Å²) in [5.74, 6) is 2.00. The van der Waals surface area contributed by atoms with Gasteiger partial charge in [-0.2, -0.15) is 10.2 Å². The van der Waals surface area contributed by atoms with E-state index in [1.165, 1.54) is 11.3 Å². The Kier molecular flexibility index (Phi) is 3.46. The normalized spacial score (nSPS) is 11.0. The molecule has 0 aliphatic rings. The van der Waals surface area contributed by atoms with Crippen LogP contribution >= 0.6 is 11.8 Å². The summed E-state index contributed by atoms with van der Waals surface area (Å²) in [5, 5.41) is 7.69. The molecular weight excluding hydrogens is 256 g/mol. The number of hydrogen-bond donors (Lipinski definition) is 1. The van der Waals surface area contributed by atoms with Crippen molar-refractivity contribution in [2.45, 2.75) is 18.2 Å². The second-order valence-electron chi connectivity index (χ2n) is 4.25. The van der Waals surface area contributed by atoms with Crippen LogP contribution in [0.1, 0.15) is 13.3 Å². The van der Waals surface area contributed by atoms with E-state index in [2.05, 4.69) is 51.4 Å². The average molecular weight is 270 g/mol. The van der Waals surface area contributed by atoms with Crippen molar-refractivity contribution in [1.29, 1.82) is 0 Å². The van der Waals surface area contributed by atoms with Gasteiger partial charge in [-0.3, -0.25) is 0 Å². The molecule has 19 heavy (non-hydrogen) atoms. The van der Waals surface area contributed by atoms with E-state index >= 15 is 0 Å². The highest BCUT2D eigenvalue weighted by atomic mass is 32.2. The molecule has 0 atom stereocenters. The predicted molar refractivity (Wildman–Crippen MR) is 78.1 cm³/mol. The lowest BCUT2D eigenvalue weighted by Gasteiger charge is -2.02. The molecular formula is C14H14N4S. The number of rotatable bonds is 4. The fourth-order valence-electron chi connectivity index (χ4n) is 1.87. The molecule has 3 aromatic rings. The summed E-state index contributed by atoms with van der Waals surface area (Å²) >= 11 is 1.87. The molecule has 0 radical (unpaired) electrons. The zero-order chi connectivity index (χ0) is 13.1. The van der Waals surface area contributed by atoms with Crippen LogP contribution < -0.4 is 0 Å². The van der Waals surface area contributed by atoms with Gasteiger partial charge in [0.2, 0.25) is 0 Å². The molecule has 0 saturated carbocycles. The molecule has 0 aliphatic carbocycles. The molecule has 1 N–H and O–H groups in total. The lowest BCUT2D eigenvalue weighted by molar-refractivity contribution is 1.05. The number of fused-ring (bicyclic) bond motifs is 1. The smallest absolute Gasteiger partial charge is 0.138 e. The van der Waals surface area contributed by atoms with Crippen molar-refractivity contribution in [3.8, 4) is 11.4 Å². The van der Waals surface area contributed by atoms with E-state index in [4.69, 9.17) is 0 Å². The Labute approximate surface area is 115 Å². The Morgan fingerprint density at radius 2 is 2.11 bits per heavy atom. The third-order valence-corrected chi connectivity index (χ3v) is 3.97. The molecule has 5 heteroatoms. The van der Waals surface area contributed by atoms with Crippen LogP contribution in [0, 0.1) is 0 Å². The van der Waals surface area contributed by atoms with Crippen molar-refractivity contribution in [3.63, 3.8) is 0 Å². The topological polar surface area (TPSA) is 54.5 Å². The number of aromatic nitrogens is 4. The van der Waals surface area contributed by atoms with E-state index in [1.807, 2.05) is 11.8 Å². The first-order valence-corrected chi connectivity index (χ1v) is 7.25. The lowest BCUT2D eigenvalue weighted by atomic mass is 10.2. The van der Waals surface area contributed by atoms with Gasteiger partial charge in [0.15, 0.2) is 0 Å². The zero-order valence-electron chi connectivity index (χ0n) is 10.6. The van der Waals surface area contributed by atoms with Crippen molar-refractivity contribution in [2.75, 3.05) is 5.75 Å². The van der Waals surface area contributed by atoms with Crippen LogP contribution in [0.25, 0.3) is 22.4 Å². The van der Waals surface area contributed by atoms with Crippen LogP contribution in [0.2, 0.25) is 0 Å². The van der Waals surface area contributed by atoms with Crippen LogP contribution in [0.5, 0.6) is 0 Å². The molecule has 4 nitrogen and oxygen atoms in total. The summed E-state index contributed by atoms with van der Waals surface area (Å²) in [7, 11) is 0. The number of aromatic amines is 1. The minimum Gasteiger partial charge on any atom is -0.337 e. The van der Waals surface area contributed by atoms with E-state index < -0.39 is 0 Å². The zero-order valence-corrected chi connectivity index (χ0v) is 11.4. The minimum absolute atomic E-state index is 0.844. The lowest BCUT2D eigenvalue weighted by Crippen LogP contribution is -1.82. The first-order valence-electron chi connectivity index (χ1n) is 6.26. The molecule has 0 amide bonds. The highest BCUT2D eigenvalue weighted by molar-refractivity contribution is 7.99. The summed E-state index contributed by atoms with van der Waals surface area (Å²) < 4.78 is 0. The Morgan fingerprint density at radius 1 is 1.21 bits per heavy atom. The molecule has 2 heterocycles. The monoisotopic (exact) mass is 270 g/mol. The molecule has 3 rings (SSSR count). The second kappa shape index (κ2) is 5.40. The van der Waals surface area contributed by atoms with Crippen molar-refractivity contribution in [1.82, 2.24) is 20.2 Å². The second-order valence-corrected chi connectivity index (χ2v) is 5.42. The van der Waals surface area contributed by atoms with Crippen molar-refractivity contribution < 1.29 is 0 Å². The van der Waals surface area contributed by atoms with Crippen molar-refractivity contribution in [2.24, 2.45) is 0 Å². The first kappa shape index (κ1) is 12.2. The van der Waals surface area contributed by atoms with Crippen LogP contribution in [-0.4, -0.2) is 25.9 Å². The first-order chi connectivity index (χ1) is 9.36. The number of hydrogen-bond acceptors (Lipinski definition) is 4. The van der Waals surface area contributed by atoms with Crippen LogP contribution in [0.3, 0.4) is 0 Å². The highest BCUT2D eigenvalue weighted by Crippen LogP contribution is 2.25. The van der Waals surface area contributed by atoms with Gasteiger partial charge in [0.1, 0.15) is 11.3 Å². The number of nitrogens with zero attached hydrogens (tertiary/aromatic N) is 3. The van der Waals surface area contributed by atoms with Gasteiger partial charge < -0.3 is 4.98 Å². The number of benzene rings is 1. The summed E-state index contributed by atoms with van der Waals surface area (Å²) in [6, 6.07) is 8.43. The van der Waals surface area contributed by atoms with Gasteiger partial charge in [-0.1, -0.05) is 19.1 Å². The van der Waals surface area contributed by atoms with Gasteiger partial charge in [0.25, 0.3) is 0 Å². The van der Waals surface area contributed by atoms with Gasteiger partial charge in [0.05, 0.1) is 17.9 Å². The Hall–Kier alpha value is -1.88. The molecule has 96 valence electrons. The van der Waals surface area contributed by atoms with Gasteiger partial charge in [-0.05, 0) is 24.3 Å². The minimum atomic E-state index is 0.844. The molecule has 0 bridgehead atoms. The van der Waals surface area contributed by atoms with Gasteiger partial charge in [0, 0.05) is 10.5 Å². The average Bonchev–Trinajstić information content (AvgIpc) is 2.89. The van der Waals surface area contributed by atoms with E-state index in [0.717, 1.165) is 28.2 Å². The maximum absolute atomic E-state index is 4.54. The van der Waals surface area contributed by atoms with E-state index in [0.29, 0.717) is 0 Å². The van der Waals surface area contributed by atoms with Crippen molar-refractivity contribution >= 4 is 22.8 Å². The fourth-order valence-corrected chi connectivity index (χ4v) is 2.69. The third kappa shape index (κ3) is 2.61. The fraction of sp³-hybridized carbons (Fsp3) is 0.214. The predicted octanol–water partition coefficient (Wildman–Crippen LogP) is 3.52. The molecule has 0 spiro atoms. The Balaban J connectivity index is 1.96. The van der Waals surface area contributed by atoms with Gasteiger partial charge in [-0.15, -0.1) is 11.8 Å². The summed E-state index contributed by atoms with van der Waals surface area (Å²) in [5.41, 5.74) is 2.85. The molecule has 1 aromatic carbocycles. The number of nitrogens with one attached hydrogen (secondary N) is 1. The quantitative estimate of drug-likeness (QED) is 0.737. The highest BCUT2D eigenvalue weighted by Gasteiger charge is 2.06. The molecule has 2 aromatic heterocycles. The molecule has 0 fully saturated rings. The Morgan fingerprint density at radius 3 is 2.95 bits per heavy atom. The van der Waals surface area contributed by atoms with Crippen LogP contribution in [-0.2, 0) is 0 Å². The number of imidazole rings is 1. The number of thioether (sulfide) groups is 1. The van der Waals surface area contributed by atoms with Crippen LogP contribution in [0.15, 0.2) is 41.6 Å². The summed E-state index contributed by atoms with van der Waals surface area (Å²) in [6.07, 6.45) is 4.55. The maximum atomic E-state index is 4.54. The SMILES string of the molecule is CCCSc1cccc(-c2nc3cnncc3[nH]2)c1. The summed E-state index contributed by atoms with van der Waals surface area (Å²) in [4.78, 5) is 9.08. The van der Waals surface area contributed by atoms with E-state index in [-0.39, 0.29) is 0 Å². The molecule has 0 aliphatic heterocycles. The maximum Gasteiger partial charge on any atom is 0.138 e. The van der Waals surface area contributed by atoms with E-state index in [1.54, 1.807) is 12.4 Å². The van der Waals surface area contributed by atoms with Gasteiger partial charge in [-0.25, -0.2) is 4.98 Å². The standard InChI is InChI=1S/C14H14N4S/c1-2-6-19-11-5-3-4-10(7-11)14-17-12-8-15-16-9-13(12)18-14/h3-5,7-9H,2,6H2,1H3,(H,17,18). The van der Waals surface area contributed by atoms with E-state index in [9.17, 15) is 0 Å². The van der Waals surface area contributed by atoms with Gasteiger partial charge >= 0.3 is 0 Å². The Bertz CT molecular complexity index is 659.